The quantitative estimate of drug-likeness (QED) is 0.366. The lowest BCUT2D eigenvalue weighted by Gasteiger charge is -2.32. The molecule has 0 unspecified atom stereocenters. The van der Waals surface area contributed by atoms with Crippen molar-refractivity contribution >= 4 is 50.7 Å². The van der Waals surface area contributed by atoms with Gasteiger partial charge < -0.3 is 15.3 Å². The van der Waals surface area contributed by atoms with Crippen LogP contribution in [0.3, 0.4) is 0 Å². The summed E-state index contributed by atoms with van der Waals surface area (Å²) in [5.41, 5.74) is 0.168. The number of nitrogens with zero attached hydrogens (tertiary/aromatic N) is 2. The molecule has 0 radical (unpaired) electrons. The Labute approximate surface area is 249 Å². The number of likely N-dealkylation sites (tertiary alicyclic amines) is 1. The Balaban J connectivity index is 1.71. The highest BCUT2D eigenvalue weighted by atomic mass is 35.5. The van der Waals surface area contributed by atoms with Gasteiger partial charge in [0, 0.05) is 30.2 Å². The van der Waals surface area contributed by atoms with Crippen LogP contribution in [-0.2, 0) is 14.8 Å². The van der Waals surface area contributed by atoms with Gasteiger partial charge in [0.05, 0.1) is 20.7 Å². The minimum absolute atomic E-state index is 0.0334. The van der Waals surface area contributed by atoms with Crippen molar-refractivity contribution in [3.63, 3.8) is 0 Å². The van der Waals surface area contributed by atoms with Gasteiger partial charge in [0.2, 0.25) is 10.0 Å². The van der Waals surface area contributed by atoms with Gasteiger partial charge in [-0.2, -0.15) is 0 Å². The zero-order valence-corrected chi connectivity index (χ0v) is 26.3. The first kappa shape index (κ1) is 31.4. The molecule has 1 aromatic carbocycles. The molecule has 2 fully saturated rings. The number of aliphatic carboxylic acids is 1. The monoisotopic (exact) mass is 624 g/mol. The number of carboxylic acids is 1. The fourth-order valence-electron chi connectivity index (χ4n) is 4.92. The summed E-state index contributed by atoms with van der Waals surface area (Å²) in [6.07, 6.45) is 2.97. The van der Waals surface area contributed by atoms with Crippen molar-refractivity contribution in [3.05, 3.63) is 33.4 Å². The number of sulfonamides is 1. The maximum Gasteiger partial charge on any atom is 0.306 e. The van der Waals surface area contributed by atoms with Gasteiger partial charge >= 0.3 is 5.97 Å². The molecule has 41 heavy (non-hydrogen) atoms. The molecule has 4 rings (SSSR count). The molecule has 1 aromatic heterocycles. The van der Waals surface area contributed by atoms with Crippen molar-refractivity contribution in [1.82, 2.24) is 19.9 Å². The molecular weight excluding hydrogens is 588 g/mol. The molecule has 2 aromatic rings. The van der Waals surface area contributed by atoms with Crippen LogP contribution in [0.25, 0.3) is 10.4 Å². The second kappa shape index (κ2) is 12.0. The molecule has 1 saturated carbocycles. The van der Waals surface area contributed by atoms with Gasteiger partial charge in [0.25, 0.3) is 11.8 Å². The zero-order chi connectivity index (χ0) is 30.3. The van der Waals surface area contributed by atoms with Crippen molar-refractivity contribution < 1.29 is 27.9 Å². The minimum atomic E-state index is -3.89. The van der Waals surface area contributed by atoms with Crippen molar-refractivity contribution in [2.45, 2.75) is 83.2 Å². The Bertz CT molecular complexity index is 1460. The second-order valence-corrected chi connectivity index (χ2v) is 14.8. The Hall–Kier alpha value is -2.54. The summed E-state index contributed by atoms with van der Waals surface area (Å²) in [5.74, 6) is -1.67. The van der Waals surface area contributed by atoms with Gasteiger partial charge in [0.1, 0.15) is 5.69 Å². The minimum Gasteiger partial charge on any atom is -0.481 e. The van der Waals surface area contributed by atoms with Gasteiger partial charge in [-0.3, -0.25) is 14.4 Å². The molecule has 0 atom stereocenters. The van der Waals surface area contributed by atoms with Gasteiger partial charge in [0.15, 0.2) is 5.01 Å². The Morgan fingerprint density at radius 2 is 1.83 bits per heavy atom. The fourth-order valence-corrected chi connectivity index (χ4v) is 8.01. The number of carboxylic acid groups (broad SMARTS) is 1. The molecule has 3 N–H and O–H groups in total. The predicted molar refractivity (Wildman–Crippen MR) is 158 cm³/mol. The van der Waals surface area contributed by atoms with Gasteiger partial charge in [-0.25, -0.2) is 18.1 Å². The molecule has 0 spiro atoms. The topological polar surface area (TPSA) is 146 Å². The van der Waals surface area contributed by atoms with Crippen molar-refractivity contribution in [2.24, 2.45) is 11.8 Å². The van der Waals surface area contributed by atoms with Crippen LogP contribution in [0, 0.1) is 18.8 Å². The van der Waals surface area contributed by atoms with E-state index in [9.17, 15) is 22.8 Å². The number of piperidine rings is 1. The van der Waals surface area contributed by atoms with Crippen LogP contribution in [0.5, 0.6) is 0 Å². The third kappa shape index (κ3) is 6.76. The maximum absolute atomic E-state index is 13.7. The number of hydrogen-bond acceptors (Lipinski definition) is 7. The fraction of sp³-hybridized carbons (Fsp3) is 0.571. The zero-order valence-electron chi connectivity index (χ0n) is 23.9. The molecule has 2 heterocycles. The summed E-state index contributed by atoms with van der Waals surface area (Å²) in [6.45, 7) is 10.4. The third-order valence-corrected chi connectivity index (χ3v) is 11.5. The Morgan fingerprint density at radius 3 is 2.41 bits per heavy atom. The molecular formula is C28H37ClN4O6S2. The van der Waals surface area contributed by atoms with Gasteiger partial charge in [-0.15, -0.1) is 11.3 Å². The van der Waals surface area contributed by atoms with E-state index in [4.69, 9.17) is 16.7 Å². The van der Waals surface area contributed by atoms with Crippen LogP contribution >= 0.6 is 22.9 Å². The van der Waals surface area contributed by atoms with E-state index in [1.165, 1.54) is 6.07 Å². The highest BCUT2D eigenvalue weighted by molar-refractivity contribution is 7.89. The van der Waals surface area contributed by atoms with Crippen molar-refractivity contribution in [2.75, 3.05) is 13.1 Å². The van der Waals surface area contributed by atoms with Crippen LogP contribution in [-0.4, -0.2) is 65.9 Å². The number of carbonyl (C=O) groups excluding carboxylic acids is 2. The van der Waals surface area contributed by atoms with Crippen LogP contribution in [0.4, 0.5) is 0 Å². The molecule has 13 heteroatoms. The van der Waals surface area contributed by atoms with E-state index in [0.717, 1.165) is 24.2 Å². The lowest BCUT2D eigenvalue weighted by atomic mass is 9.80. The average molecular weight is 625 g/mol. The molecule has 10 nitrogen and oxygen atoms in total. The van der Waals surface area contributed by atoms with E-state index in [2.05, 4.69) is 21.9 Å². The van der Waals surface area contributed by atoms with E-state index in [0.29, 0.717) is 54.3 Å². The molecule has 1 aliphatic heterocycles. The van der Waals surface area contributed by atoms with Gasteiger partial charge in [-0.1, -0.05) is 31.5 Å². The number of nitrogens with one attached hydrogen (secondary N) is 2. The highest BCUT2D eigenvalue weighted by Crippen LogP contribution is 2.40. The number of amides is 2. The number of thiazole rings is 1. The standard InChI is InChI=1S/C28H37ClN4O6S2/c1-6-28(4,5)32-41(38,39)20-8-7-19(21(29)16(20)3)23-22(26(35)33-11-9-15(2)10-12-33)31-25(40-23)24(34)30-18-13-17(14-18)27(36)37/h7-8,15,17-18,32H,6,9-14H2,1-5H3,(H,30,34)(H,36,37)/t17-,18-. The number of carbonyl (C=O) groups is 3. The molecule has 0 bridgehead atoms. The molecule has 2 aliphatic rings. The van der Waals surface area contributed by atoms with Crippen LogP contribution < -0.4 is 10.0 Å². The SMILES string of the molecule is CCC(C)(C)NS(=O)(=O)c1ccc(-c2sc(C(=O)N[C@H]3C[C@H](C(=O)O)C3)nc2C(=O)N2CCC(C)CC2)c(Cl)c1C. The third-order valence-electron chi connectivity index (χ3n) is 8.08. The Morgan fingerprint density at radius 1 is 1.20 bits per heavy atom. The number of aromatic nitrogens is 1. The number of hydrogen-bond donors (Lipinski definition) is 3. The van der Waals surface area contributed by atoms with E-state index in [1.807, 2.05) is 6.92 Å². The van der Waals surface area contributed by atoms with E-state index < -0.39 is 33.4 Å². The van der Waals surface area contributed by atoms with Crippen LogP contribution in [0.2, 0.25) is 5.02 Å². The number of rotatable bonds is 9. The normalized spacial score (nSPS) is 20.0. The van der Waals surface area contributed by atoms with Crippen molar-refractivity contribution in [1.29, 1.82) is 0 Å². The average Bonchev–Trinajstić information content (AvgIpc) is 3.31. The van der Waals surface area contributed by atoms with E-state index in [-0.39, 0.29) is 32.6 Å². The van der Waals surface area contributed by atoms with Gasteiger partial charge in [-0.05, 0) is 70.4 Å². The first-order valence-electron chi connectivity index (χ1n) is 13.8. The van der Waals surface area contributed by atoms with Crippen LogP contribution in [0.1, 0.15) is 85.7 Å². The summed E-state index contributed by atoms with van der Waals surface area (Å²) in [5, 5.41) is 12.2. The number of benzene rings is 1. The first-order chi connectivity index (χ1) is 19.1. The highest BCUT2D eigenvalue weighted by Gasteiger charge is 2.37. The maximum atomic E-state index is 13.7. The molecule has 2 amide bonds. The number of halogens is 1. The Kier molecular flexibility index (Phi) is 9.18. The summed E-state index contributed by atoms with van der Waals surface area (Å²) in [7, 11) is -3.89. The van der Waals surface area contributed by atoms with Crippen molar-refractivity contribution in [3.8, 4) is 10.4 Å². The van der Waals surface area contributed by atoms with E-state index >= 15 is 0 Å². The largest absolute Gasteiger partial charge is 0.481 e. The molecule has 1 aliphatic carbocycles. The predicted octanol–water partition coefficient (Wildman–Crippen LogP) is 4.70. The second-order valence-electron chi connectivity index (χ2n) is 11.7. The summed E-state index contributed by atoms with van der Waals surface area (Å²) >= 11 is 7.79. The molecule has 1 saturated heterocycles. The lowest BCUT2D eigenvalue weighted by molar-refractivity contribution is -0.145. The summed E-state index contributed by atoms with van der Waals surface area (Å²) in [4.78, 5) is 44.5. The summed E-state index contributed by atoms with van der Waals surface area (Å²) in [6, 6.07) is 2.73. The summed E-state index contributed by atoms with van der Waals surface area (Å²) < 4.78 is 29.1. The smallest absolute Gasteiger partial charge is 0.306 e. The molecule has 224 valence electrons. The van der Waals surface area contributed by atoms with Crippen LogP contribution in [0.15, 0.2) is 17.0 Å². The lowest BCUT2D eigenvalue weighted by Crippen LogP contribution is -2.46. The first-order valence-corrected chi connectivity index (χ1v) is 16.5. The van der Waals surface area contributed by atoms with E-state index in [1.54, 1.807) is 31.7 Å².